The molecular weight excluding hydrogens is 484 g/mol. The number of benzene rings is 3. The highest BCUT2D eigenvalue weighted by molar-refractivity contribution is 6.25. The molecule has 0 saturated carbocycles. The first-order chi connectivity index (χ1) is 18.1. The molecule has 3 aromatic carbocycles. The lowest BCUT2D eigenvalue weighted by Crippen LogP contribution is -2.57. The van der Waals surface area contributed by atoms with Crippen LogP contribution >= 0.6 is 0 Å². The van der Waals surface area contributed by atoms with E-state index >= 15 is 0 Å². The molecule has 1 aliphatic heterocycles. The number of alkyl carbamates (subject to hydrolysis) is 1. The molecule has 1 atom stereocenters. The molecule has 0 spiro atoms. The Labute approximate surface area is 221 Å². The molecule has 0 aromatic heterocycles. The van der Waals surface area contributed by atoms with E-state index in [4.69, 9.17) is 4.74 Å². The van der Waals surface area contributed by atoms with Gasteiger partial charge < -0.3 is 15.4 Å². The molecule has 38 heavy (non-hydrogen) atoms. The van der Waals surface area contributed by atoms with Crippen molar-refractivity contribution < 1.29 is 23.9 Å². The van der Waals surface area contributed by atoms with E-state index in [0.29, 0.717) is 22.7 Å². The van der Waals surface area contributed by atoms with Crippen molar-refractivity contribution in [3.63, 3.8) is 0 Å². The normalized spacial score (nSPS) is 14.8. The largest absolute Gasteiger partial charge is 0.444 e. The highest BCUT2D eigenvalue weighted by Crippen LogP contribution is 2.41. The lowest BCUT2D eigenvalue weighted by Gasteiger charge is -2.26. The Morgan fingerprint density at radius 2 is 1.18 bits per heavy atom. The first-order valence-corrected chi connectivity index (χ1v) is 12.2. The van der Waals surface area contributed by atoms with Gasteiger partial charge >= 0.3 is 6.09 Å². The summed E-state index contributed by atoms with van der Waals surface area (Å²) < 4.78 is 5.22. The van der Waals surface area contributed by atoms with Gasteiger partial charge in [-0.15, -0.1) is 0 Å². The van der Waals surface area contributed by atoms with Crippen LogP contribution in [0.5, 0.6) is 0 Å². The van der Waals surface area contributed by atoms with Gasteiger partial charge in [0.1, 0.15) is 11.6 Å². The molecule has 9 heteroatoms. The minimum absolute atomic E-state index is 0.484. The van der Waals surface area contributed by atoms with Gasteiger partial charge in [-0.3, -0.25) is 24.2 Å². The van der Waals surface area contributed by atoms with Crippen LogP contribution in [-0.2, 0) is 19.1 Å². The molecule has 2 N–H and O–H groups in total. The van der Waals surface area contributed by atoms with Crippen molar-refractivity contribution in [3.05, 3.63) is 84.9 Å². The van der Waals surface area contributed by atoms with Crippen LogP contribution < -0.4 is 20.4 Å². The highest BCUT2D eigenvalue weighted by atomic mass is 16.6. The third-order valence-electron chi connectivity index (χ3n) is 5.74. The fourth-order valence-electron chi connectivity index (χ4n) is 4.07. The zero-order valence-corrected chi connectivity index (χ0v) is 21.7. The van der Waals surface area contributed by atoms with E-state index in [9.17, 15) is 19.2 Å². The van der Waals surface area contributed by atoms with Gasteiger partial charge in [0.05, 0.1) is 11.4 Å². The lowest BCUT2D eigenvalue weighted by atomic mass is 10.1. The van der Waals surface area contributed by atoms with E-state index < -0.39 is 41.5 Å². The summed E-state index contributed by atoms with van der Waals surface area (Å²) in [4.78, 5) is 56.2. The summed E-state index contributed by atoms with van der Waals surface area (Å²) in [5.74, 6) is -1.98. The molecule has 0 bridgehead atoms. The predicted octanol–water partition coefficient (Wildman–Crippen LogP) is 4.43. The Balaban J connectivity index is 1.74. The summed E-state index contributed by atoms with van der Waals surface area (Å²) >= 11 is 0. The maximum atomic E-state index is 14.0. The Bertz CT molecular complexity index is 1260. The number of anilines is 4. The monoisotopic (exact) mass is 514 g/mol. The first-order valence-electron chi connectivity index (χ1n) is 12.2. The van der Waals surface area contributed by atoms with Crippen molar-refractivity contribution in [2.45, 2.75) is 45.4 Å². The molecule has 1 aliphatic rings. The Morgan fingerprint density at radius 3 is 1.61 bits per heavy atom. The van der Waals surface area contributed by atoms with Gasteiger partial charge in [-0.1, -0.05) is 48.5 Å². The second kappa shape index (κ2) is 10.8. The number of hydrogen-bond acceptors (Lipinski definition) is 5. The number of nitrogens with zero attached hydrogens (tertiary/aromatic N) is 2. The molecule has 1 heterocycles. The summed E-state index contributed by atoms with van der Waals surface area (Å²) in [5.41, 5.74) is 1.28. The highest BCUT2D eigenvalue weighted by Gasteiger charge is 2.43. The van der Waals surface area contributed by atoms with Crippen LogP contribution in [0.4, 0.5) is 27.5 Å². The standard InChI is InChI=1S/C29H30N4O5/c1-19(30-28(37)38-29(2,3)4)25(34)31-24-26(35)32(20-13-7-5-8-14-20)22-17-11-12-18-23(22)33(27(24)36)21-15-9-6-10-16-21/h5-19,24H,1-4H3,(H,30,37)(H,31,34)/t19-/m0/s1. The van der Waals surface area contributed by atoms with Crippen LogP contribution in [0.15, 0.2) is 84.9 Å². The molecule has 4 rings (SSSR count). The van der Waals surface area contributed by atoms with Crippen LogP contribution in [0.1, 0.15) is 27.7 Å². The number of hydrogen-bond donors (Lipinski definition) is 2. The average molecular weight is 515 g/mol. The van der Waals surface area contributed by atoms with E-state index in [1.807, 2.05) is 12.1 Å². The molecule has 3 aromatic rings. The maximum absolute atomic E-state index is 14.0. The quantitative estimate of drug-likeness (QED) is 0.490. The smallest absolute Gasteiger partial charge is 0.408 e. The van der Waals surface area contributed by atoms with Crippen molar-refractivity contribution >= 4 is 46.6 Å². The van der Waals surface area contributed by atoms with E-state index in [0.717, 1.165) is 0 Å². The number of para-hydroxylation sites is 4. The summed E-state index contributed by atoms with van der Waals surface area (Å²) in [6.45, 7) is 6.56. The lowest BCUT2D eigenvalue weighted by molar-refractivity contribution is -0.134. The zero-order chi connectivity index (χ0) is 27.4. The fourth-order valence-corrected chi connectivity index (χ4v) is 4.07. The molecule has 0 aliphatic carbocycles. The third kappa shape index (κ3) is 5.67. The minimum atomic E-state index is -1.57. The van der Waals surface area contributed by atoms with Crippen LogP contribution in [0.2, 0.25) is 0 Å². The first kappa shape index (κ1) is 26.4. The van der Waals surface area contributed by atoms with Crippen molar-refractivity contribution in [1.82, 2.24) is 10.6 Å². The Morgan fingerprint density at radius 1 is 0.763 bits per heavy atom. The number of ether oxygens (including phenoxy) is 1. The number of carbonyl (C=O) groups excluding carboxylic acids is 4. The number of rotatable bonds is 5. The van der Waals surface area contributed by atoms with Crippen LogP contribution in [0.3, 0.4) is 0 Å². The molecule has 0 unspecified atom stereocenters. The number of amides is 4. The number of fused-ring (bicyclic) bond motifs is 1. The van der Waals surface area contributed by atoms with Gasteiger partial charge in [0.15, 0.2) is 6.04 Å². The summed E-state index contributed by atoms with van der Waals surface area (Å²) in [7, 11) is 0. The van der Waals surface area contributed by atoms with Crippen molar-refractivity contribution in [2.24, 2.45) is 0 Å². The van der Waals surface area contributed by atoms with Gasteiger partial charge in [0.2, 0.25) is 5.91 Å². The zero-order valence-electron chi connectivity index (χ0n) is 21.7. The molecule has 0 radical (unpaired) electrons. The maximum Gasteiger partial charge on any atom is 0.408 e. The molecule has 9 nitrogen and oxygen atoms in total. The van der Waals surface area contributed by atoms with Gasteiger partial charge in [-0.2, -0.15) is 0 Å². The average Bonchev–Trinajstić information content (AvgIpc) is 2.96. The Kier molecular flexibility index (Phi) is 7.47. The molecule has 0 fully saturated rings. The van der Waals surface area contributed by atoms with Gasteiger partial charge in [0, 0.05) is 11.4 Å². The van der Waals surface area contributed by atoms with Crippen LogP contribution in [0.25, 0.3) is 0 Å². The van der Waals surface area contributed by atoms with Crippen LogP contribution in [0, 0.1) is 0 Å². The minimum Gasteiger partial charge on any atom is -0.444 e. The van der Waals surface area contributed by atoms with Crippen molar-refractivity contribution in [1.29, 1.82) is 0 Å². The van der Waals surface area contributed by atoms with Gasteiger partial charge in [0.25, 0.3) is 11.8 Å². The van der Waals surface area contributed by atoms with Crippen LogP contribution in [-0.4, -0.2) is 41.5 Å². The third-order valence-corrected chi connectivity index (χ3v) is 5.74. The summed E-state index contributed by atoms with van der Waals surface area (Å²) in [5, 5.41) is 5.02. The second-order valence-electron chi connectivity index (χ2n) is 9.82. The van der Waals surface area contributed by atoms with Crippen molar-refractivity contribution in [3.8, 4) is 0 Å². The SMILES string of the molecule is C[C@H](NC(=O)OC(C)(C)C)C(=O)NC1C(=O)N(c2ccccc2)c2ccccc2N(c2ccccc2)C1=O. The van der Waals surface area contributed by atoms with E-state index in [1.54, 1.807) is 93.6 Å². The van der Waals surface area contributed by atoms with E-state index in [2.05, 4.69) is 10.6 Å². The molecular formula is C29H30N4O5. The molecule has 4 amide bonds. The summed E-state index contributed by atoms with van der Waals surface area (Å²) in [6.07, 6.45) is -0.789. The van der Waals surface area contributed by atoms with E-state index in [1.165, 1.54) is 16.7 Å². The van der Waals surface area contributed by atoms with Gasteiger partial charge in [-0.05, 0) is 64.1 Å². The molecule has 0 saturated heterocycles. The van der Waals surface area contributed by atoms with Gasteiger partial charge in [-0.25, -0.2) is 4.79 Å². The van der Waals surface area contributed by atoms with Crippen molar-refractivity contribution in [2.75, 3.05) is 9.80 Å². The predicted molar refractivity (Wildman–Crippen MR) is 144 cm³/mol. The fraction of sp³-hybridized carbons (Fsp3) is 0.241. The summed E-state index contributed by atoms with van der Waals surface area (Å²) in [6, 6.07) is 22.2. The Hall–Kier alpha value is -4.66. The number of nitrogens with one attached hydrogen (secondary N) is 2. The molecule has 196 valence electrons. The topological polar surface area (TPSA) is 108 Å². The number of carbonyl (C=O) groups is 4. The second-order valence-corrected chi connectivity index (χ2v) is 9.82. The van der Waals surface area contributed by atoms with E-state index in [-0.39, 0.29) is 0 Å².